The van der Waals surface area contributed by atoms with Gasteiger partial charge in [-0.2, -0.15) is 0 Å². The van der Waals surface area contributed by atoms with Crippen LogP contribution >= 0.6 is 0 Å². The Morgan fingerprint density at radius 2 is 2.00 bits per heavy atom. The summed E-state index contributed by atoms with van der Waals surface area (Å²) in [5, 5.41) is 11.1. The van der Waals surface area contributed by atoms with E-state index in [0.29, 0.717) is 11.3 Å². The van der Waals surface area contributed by atoms with Crippen molar-refractivity contribution in [2.45, 2.75) is 6.92 Å². The molecule has 0 saturated heterocycles. The molecule has 18 heavy (non-hydrogen) atoms. The number of fused-ring (bicyclic) bond motifs is 1. The van der Waals surface area contributed by atoms with Crippen molar-refractivity contribution in [1.82, 2.24) is 0 Å². The second-order valence-corrected chi connectivity index (χ2v) is 3.97. The van der Waals surface area contributed by atoms with E-state index in [-0.39, 0.29) is 5.57 Å². The second-order valence-electron chi connectivity index (χ2n) is 3.77. The van der Waals surface area contributed by atoms with Gasteiger partial charge in [-0.25, -0.2) is 4.79 Å². The van der Waals surface area contributed by atoms with Crippen molar-refractivity contribution in [1.29, 1.82) is 0 Å². The first-order valence-electron chi connectivity index (χ1n) is 5.44. The van der Waals surface area contributed by atoms with Crippen LogP contribution in [0.5, 0.6) is 5.75 Å². The molecule has 4 heteroatoms. The lowest BCUT2D eigenvalue weighted by atomic mass is 9.97. The van der Waals surface area contributed by atoms with E-state index in [9.17, 15) is 9.90 Å². The first-order chi connectivity index (χ1) is 8.69. The van der Waals surface area contributed by atoms with Gasteiger partial charge in [0.25, 0.3) is 0 Å². The summed E-state index contributed by atoms with van der Waals surface area (Å²) in [6, 6.07) is 11.2. The molecule has 0 aliphatic heterocycles. The van der Waals surface area contributed by atoms with E-state index < -0.39 is 5.97 Å². The number of hydrogen-bond acceptors (Lipinski definition) is 2. The molecule has 0 bridgehead atoms. The van der Waals surface area contributed by atoms with E-state index in [1.807, 2.05) is 30.3 Å². The Labute approximate surface area is 108 Å². The summed E-state index contributed by atoms with van der Waals surface area (Å²) in [6.45, 7) is 1.70. The number of aliphatic carboxylic acids is 1. The summed E-state index contributed by atoms with van der Waals surface area (Å²) in [6.07, 6.45) is 1.57. The van der Waals surface area contributed by atoms with Gasteiger partial charge in [-0.05, 0) is 23.8 Å². The van der Waals surface area contributed by atoms with Crippen molar-refractivity contribution in [3.63, 3.8) is 0 Å². The molecule has 0 amide bonds. The van der Waals surface area contributed by atoms with Crippen LogP contribution in [-0.4, -0.2) is 21.6 Å². The lowest BCUT2D eigenvalue weighted by molar-refractivity contribution is -0.130. The zero-order chi connectivity index (χ0) is 13.1. The predicted octanol–water partition coefficient (Wildman–Crippen LogP) is 2.79. The molecule has 0 aliphatic carbocycles. The number of rotatable bonds is 3. The minimum atomic E-state index is -0.973. The predicted molar refractivity (Wildman–Crippen MR) is 71.6 cm³/mol. The van der Waals surface area contributed by atoms with Gasteiger partial charge >= 0.3 is 16.5 Å². The fraction of sp³-hybridized carbons (Fsp3) is 0.0714. The molecule has 0 fully saturated rings. The molecule has 2 rings (SSSR count). The third kappa shape index (κ3) is 2.02. The maximum Gasteiger partial charge on any atom is 0.341 e. The largest absolute Gasteiger partial charge is 0.540 e. The lowest BCUT2D eigenvalue weighted by Gasteiger charge is -2.12. The summed E-state index contributed by atoms with van der Waals surface area (Å²) < 4.78 is 5.09. The molecule has 0 saturated carbocycles. The van der Waals surface area contributed by atoms with Crippen LogP contribution in [0, 0.1) is 0 Å². The lowest BCUT2D eigenvalue weighted by Crippen LogP contribution is -2.03. The van der Waals surface area contributed by atoms with Crippen LogP contribution in [0.4, 0.5) is 0 Å². The Hall–Kier alpha value is -2.07. The SMILES string of the molecule is C/C=C(/C(=O)O)c1c(O[Si])ccc2ccccc12. The van der Waals surface area contributed by atoms with Gasteiger partial charge in [-0.3, -0.25) is 0 Å². The van der Waals surface area contributed by atoms with Crippen LogP contribution in [-0.2, 0) is 4.79 Å². The van der Waals surface area contributed by atoms with E-state index in [1.165, 1.54) is 0 Å². The molecule has 0 atom stereocenters. The molecule has 0 aromatic heterocycles. The third-order valence-electron chi connectivity index (χ3n) is 2.79. The van der Waals surface area contributed by atoms with E-state index in [2.05, 4.69) is 10.5 Å². The van der Waals surface area contributed by atoms with Crippen LogP contribution in [0.1, 0.15) is 12.5 Å². The molecule has 0 heterocycles. The maximum atomic E-state index is 11.3. The van der Waals surface area contributed by atoms with Gasteiger partial charge in [0.05, 0.1) is 5.57 Å². The van der Waals surface area contributed by atoms with Crippen molar-refractivity contribution in [3.05, 3.63) is 48.0 Å². The van der Waals surface area contributed by atoms with Crippen LogP contribution in [0.15, 0.2) is 42.5 Å². The molecule has 1 N–H and O–H groups in total. The molecule has 2 aromatic rings. The Kier molecular flexibility index (Phi) is 3.48. The minimum absolute atomic E-state index is 0.222. The smallest absolute Gasteiger partial charge is 0.341 e. The van der Waals surface area contributed by atoms with E-state index in [4.69, 9.17) is 4.43 Å². The molecular weight excluding hydrogens is 244 g/mol. The van der Waals surface area contributed by atoms with E-state index >= 15 is 0 Å². The monoisotopic (exact) mass is 255 g/mol. The summed E-state index contributed by atoms with van der Waals surface area (Å²) in [5.41, 5.74) is 0.804. The molecular formula is C14H11O3Si. The van der Waals surface area contributed by atoms with E-state index in [0.717, 1.165) is 10.8 Å². The average molecular weight is 255 g/mol. The second kappa shape index (κ2) is 5.06. The van der Waals surface area contributed by atoms with Gasteiger partial charge in [0, 0.05) is 5.56 Å². The summed E-state index contributed by atoms with van der Waals surface area (Å²) >= 11 is 0. The standard InChI is InChI=1S/C14H11O3Si/c1-2-10(14(15)16)13-11-6-4-3-5-9(11)7-8-12(13)17-18/h2-8H,1H3,(H,15,16)/b10-2+. The summed E-state index contributed by atoms with van der Waals surface area (Å²) in [5.74, 6) is -0.486. The van der Waals surface area contributed by atoms with Crippen LogP contribution in [0.3, 0.4) is 0 Å². The molecule has 2 aromatic carbocycles. The Morgan fingerprint density at radius 3 is 2.61 bits per heavy atom. The molecule has 89 valence electrons. The van der Waals surface area contributed by atoms with Crippen LogP contribution in [0.2, 0.25) is 0 Å². The topological polar surface area (TPSA) is 46.5 Å². The van der Waals surface area contributed by atoms with Crippen molar-refractivity contribution in [3.8, 4) is 5.75 Å². The molecule has 3 radical (unpaired) electrons. The van der Waals surface area contributed by atoms with Crippen molar-refractivity contribution in [2.24, 2.45) is 0 Å². The first-order valence-corrected chi connectivity index (χ1v) is 5.85. The third-order valence-corrected chi connectivity index (χ3v) is 3.01. The zero-order valence-electron chi connectivity index (χ0n) is 9.81. The number of carbonyl (C=O) groups is 1. The number of benzene rings is 2. The van der Waals surface area contributed by atoms with E-state index in [1.54, 1.807) is 19.1 Å². The molecule has 0 aliphatic rings. The van der Waals surface area contributed by atoms with Crippen LogP contribution in [0.25, 0.3) is 16.3 Å². The highest BCUT2D eigenvalue weighted by atomic mass is 28.2. The summed E-state index contributed by atoms with van der Waals surface area (Å²) in [4.78, 5) is 11.3. The molecule has 0 spiro atoms. The molecule has 0 unspecified atom stereocenters. The normalized spacial score (nSPS) is 11.6. The van der Waals surface area contributed by atoms with Gasteiger partial charge in [0.15, 0.2) is 0 Å². The number of hydrogen-bond donors (Lipinski definition) is 1. The van der Waals surface area contributed by atoms with Gasteiger partial charge in [0.1, 0.15) is 5.75 Å². The Bertz CT molecular complexity index is 632. The summed E-state index contributed by atoms with van der Waals surface area (Å²) in [7, 11) is 2.97. The minimum Gasteiger partial charge on any atom is -0.540 e. The highest BCUT2D eigenvalue weighted by molar-refractivity contribution is 6.20. The highest BCUT2D eigenvalue weighted by Gasteiger charge is 2.17. The Balaban J connectivity index is 2.84. The fourth-order valence-electron chi connectivity index (χ4n) is 1.99. The average Bonchev–Trinajstić information content (AvgIpc) is 2.39. The quantitative estimate of drug-likeness (QED) is 0.677. The Morgan fingerprint density at radius 1 is 1.28 bits per heavy atom. The van der Waals surface area contributed by atoms with Crippen molar-refractivity contribution >= 4 is 32.8 Å². The number of carboxylic acids is 1. The van der Waals surface area contributed by atoms with Gasteiger partial charge in [-0.1, -0.05) is 36.4 Å². The first kappa shape index (κ1) is 12.4. The van der Waals surface area contributed by atoms with Crippen molar-refractivity contribution < 1.29 is 14.3 Å². The van der Waals surface area contributed by atoms with Gasteiger partial charge in [0.2, 0.25) is 0 Å². The number of allylic oxidation sites excluding steroid dienone is 1. The highest BCUT2D eigenvalue weighted by Crippen LogP contribution is 2.33. The van der Waals surface area contributed by atoms with Crippen LogP contribution < -0.4 is 4.43 Å². The zero-order valence-corrected chi connectivity index (χ0v) is 10.8. The fourth-order valence-corrected chi connectivity index (χ4v) is 2.16. The van der Waals surface area contributed by atoms with Crippen molar-refractivity contribution in [2.75, 3.05) is 0 Å². The van der Waals surface area contributed by atoms with Gasteiger partial charge < -0.3 is 9.53 Å². The maximum absolute atomic E-state index is 11.3. The number of carboxylic acid groups (broad SMARTS) is 1. The van der Waals surface area contributed by atoms with Gasteiger partial charge in [-0.15, -0.1) is 0 Å². The molecule has 3 nitrogen and oxygen atoms in total.